The zero-order valence-corrected chi connectivity index (χ0v) is 11.8. The molecule has 0 saturated heterocycles. The number of ether oxygens (including phenoxy) is 1. The first-order valence-electron chi connectivity index (χ1n) is 5.96. The average Bonchev–Trinajstić information content (AvgIpc) is 2.26. The number of benzene rings is 1. The second-order valence-corrected chi connectivity index (χ2v) is 5.52. The number of hydrogen-bond acceptors (Lipinski definition) is 2. The predicted molar refractivity (Wildman–Crippen MR) is 73.5 cm³/mol. The lowest BCUT2D eigenvalue weighted by Gasteiger charge is -2.27. The molecule has 0 saturated carbocycles. The van der Waals surface area contributed by atoms with Crippen LogP contribution < -0.4 is 5.32 Å². The van der Waals surface area contributed by atoms with Gasteiger partial charge in [-0.05, 0) is 44.9 Å². The van der Waals surface area contributed by atoms with E-state index in [0.29, 0.717) is 6.04 Å². The second kappa shape index (κ2) is 6.39. The average molecular weight is 256 g/mol. The molecule has 1 unspecified atom stereocenters. The van der Waals surface area contributed by atoms with Crippen LogP contribution in [0.25, 0.3) is 0 Å². The van der Waals surface area contributed by atoms with Crippen molar-refractivity contribution in [3.05, 3.63) is 34.9 Å². The molecule has 0 radical (unpaired) electrons. The highest BCUT2D eigenvalue weighted by Gasteiger charge is 2.19. The Balaban J connectivity index is 2.40. The second-order valence-electron chi connectivity index (χ2n) is 5.08. The molecule has 1 aromatic rings. The lowest BCUT2D eigenvalue weighted by atomic mass is 10.00. The van der Waals surface area contributed by atoms with Crippen LogP contribution in [0.5, 0.6) is 0 Å². The van der Waals surface area contributed by atoms with Gasteiger partial charge in [0.05, 0.1) is 5.60 Å². The molecule has 1 rings (SSSR count). The summed E-state index contributed by atoms with van der Waals surface area (Å²) in [7, 11) is 1.75. The van der Waals surface area contributed by atoms with Crippen molar-refractivity contribution in [3.8, 4) is 0 Å². The lowest BCUT2D eigenvalue weighted by molar-refractivity contribution is 0.00844. The summed E-state index contributed by atoms with van der Waals surface area (Å²) in [6.45, 7) is 7.21. The third-order valence-corrected chi connectivity index (χ3v) is 3.13. The van der Waals surface area contributed by atoms with Gasteiger partial charge in [0.25, 0.3) is 0 Å². The van der Waals surface area contributed by atoms with Gasteiger partial charge in [-0.25, -0.2) is 0 Å². The van der Waals surface area contributed by atoms with Crippen LogP contribution in [0.15, 0.2) is 24.3 Å². The van der Waals surface area contributed by atoms with Gasteiger partial charge in [-0.2, -0.15) is 0 Å². The van der Waals surface area contributed by atoms with Gasteiger partial charge in [-0.15, -0.1) is 0 Å². The van der Waals surface area contributed by atoms with Crippen LogP contribution in [0.3, 0.4) is 0 Å². The van der Waals surface area contributed by atoms with Gasteiger partial charge in [-0.1, -0.05) is 23.7 Å². The largest absolute Gasteiger partial charge is 0.379 e. The summed E-state index contributed by atoms with van der Waals surface area (Å²) in [6, 6.07) is 8.34. The maximum atomic E-state index is 5.94. The first-order valence-corrected chi connectivity index (χ1v) is 6.34. The van der Waals surface area contributed by atoms with Crippen molar-refractivity contribution in [1.29, 1.82) is 0 Å². The Hall–Kier alpha value is -0.570. The number of halogens is 1. The topological polar surface area (TPSA) is 21.3 Å². The number of rotatable bonds is 6. The standard InChI is InChI=1S/C14H22ClNO/c1-11(9-14(2,3)17-4)16-10-12-6-5-7-13(15)8-12/h5-8,11,16H,9-10H2,1-4H3. The van der Waals surface area contributed by atoms with Gasteiger partial charge in [-0.3, -0.25) is 0 Å². The van der Waals surface area contributed by atoms with Crippen molar-refractivity contribution in [3.63, 3.8) is 0 Å². The van der Waals surface area contributed by atoms with Gasteiger partial charge in [0.1, 0.15) is 0 Å². The highest BCUT2D eigenvalue weighted by molar-refractivity contribution is 6.30. The number of methoxy groups -OCH3 is 1. The van der Waals surface area contributed by atoms with Crippen LogP contribution in [0.1, 0.15) is 32.8 Å². The monoisotopic (exact) mass is 255 g/mol. The fraction of sp³-hybridized carbons (Fsp3) is 0.571. The molecular formula is C14H22ClNO. The van der Waals surface area contributed by atoms with E-state index in [1.165, 1.54) is 5.56 Å². The Labute approximate surface area is 109 Å². The zero-order valence-electron chi connectivity index (χ0n) is 11.1. The molecule has 96 valence electrons. The molecule has 17 heavy (non-hydrogen) atoms. The van der Waals surface area contributed by atoms with Crippen LogP contribution in [0, 0.1) is 0 Å². The first kappa shape index (κ1) is 14.5. The minimum Gasteiger partial charge on any atom is -0.379 e. The summed E-state index contributed by atoms with van der Waals surface area (Å²) in [6.07, 6.45) is 0.976. The zero-order chi connectivity index (χ0) is 12.9. The molecule has 0 fully saturated rings. The SMILES string of the molecule is COC(C)(C)CC(C)NCc1cccc(Cl)c1. The van der Waals surface area contributed by atoms with Crippen molar-refractivity contribution < 1.29 is 4.74 Å². The first-order chi connectivity index (χ1) is 7.93. The van der Waals surface area contributed by atoms with E-state index >= 15 is 0 Å². The molecule has 0 aromatic heterocycles. The van der Waals surface area contributed by atoms with Crippen LogP contribution in [0.2, 0.25) is 5.02 Å². The van der Waals surface area contributed by atoms with E-state index in [2.05, 4.69) is 32.2 Å². The van der Waals surface area contributed by atoms with Crippen LogP contribution in [-0.4, -0.2) is 18.8 Å². The predicted octanol–water partition coefficient (Wildman–Crippen LogP) is 3.63. The van der Waals surface area contributed by atoms with E-state index in [1.807, 2.05) is 18.2 Å². The third-order valence-electron chi connectivity index (χ3n) is 2.89. The maximum absolute atomic E-state index is 5.94. The van der Waals surface area contributed by atoms with Gasteiger partial charge in [0.2, 0.25) is 0 Å². The maximum Gasteiger partial charge on any atom is 0.0637 e. The molecule has 0 aliphatic rings. The van der Waals surface area contributed by atoms with Gasteiger partial charge < -0.3 is 10.1 Å². The summed E-state index contributed by atoms with van der Waals surface area (Å²) in [5.74, 6) is 0. The summed E-state index contributed by atoms with van der Waals surface area (Å²) >= 11 is 5.94. The Kier molecular flexibility index (Phi) is 5.44. The minimum absolute atomic E-state index is 0.0826. The fourth-order valence-electron chi connectivity index (χ4n) is 1.83. The van der Waals surface area contributed by atoms with Gasteiger partial charge in [0, 0.05) is 24.7 Å². The molecule has 0 amide bonds. The quantitative estimate of drug-likeness (QED) is 0.838. The Morgan fingerprint density at radius 2 is 2.12 bits per heavy atom. The van der Waals surface area contributed by atoms with Crippen molar-refractivity contribution >= 4 is 11.6 Å². The molecule has 1 N–H and O–H groups in total. The fourth-order valence-corrected chi connectivity index (χ4v) is 2.04. The molecular weight excluding hydrogens is 234 g/mol. The molecule has 0 aliphatic heterocycles. The van der Waals surface area contributed by atoms with E-state index in [0.717, 1.165) is 18.0 Å². The lowest BCUT2D eigenvalue weighted by Crippen LogP contribution is -2.35. The Morgan fingerprint density at radius 3 is 2.71 bits per heavy atom. The molecule has 2 nitrogen and oxygen atoms in total. The molecule has 1 atom stereocenters. The highest BCUT2D eigenvalue weighted by Crippen LogP contribution is 2.16. The van der Waals surface area contributed by atoms with E-state index < -0.39 is 0 Å². The van der Waals surface area contributed by atoms with E-state index in [1.54, 1.807) is 7.11 Å². The summed E-state index contributed by atoms with van der Waals surface area (Å²) in [5, 5.41) is 4.26. The summed E-state index contributed by atoms with van der Waals surface area (Å²) in [5.41, 5.74) is 1.13. The van der Waals surface area contributed by atoms with E-state index in [9.17, 15) is 0 Å². The van der Waals surface area contributed by atoms with Crippen molar-refractivity contribution in [2.45, 2.75) is 45.4 Å². The van der Waals surface area contributed by atoms with Crippen molar-refractivity contribution in [2.24, 2.45) is 0 Å². The molecule has 0 spiro atoms. The number of hydrogen-bond donors (Lipinski definition) is 1. The summed E-state index contributed by atoms with van der Waals surface area (Å²) < 4.78 is 5.42. The normalized spacial score (nSPS) is 13.7. The molecule has 0 aliphatic carbocycles. The molecule has 1 aromatic carbocycles. The van der Waals surface area contributed by atoms with E-state index in [-0.39, 0.29) is 5.60 Å². The van der Waals surface area contributed by atoms with Crippen LogP contribution >= 0.6 is 11.6 Å². The van der Waals surface area contributed by atoms with Crippen LogP contribution in [0.4, 0.5) is 0 Å². The molecule has 3 heteroatoms. The van der Waals surface area contributed by atoms with E-state index in [4.69, 9.17) is 16.3 Å². The Morgan fingerprint density at radius 1 is 1.41 bits per heavy atom. The van der Waals surface area contributed by atoms with Gasteiger partial charge in [0.15, 0.2) is 0 Å². The molecule has 0 heterocycles. The third kappa shape index (κ3) is 5.53. The summed E-state index contributed by atoms with van der Waals surface area (Å²) in [4.78, 5) is 0. The van der Waals surface area contributed by atoms with Crippen molar-refractivity contribution in [2.75, 3.05) is 7.11 Å². The smallest absolute Gasteiger partial charge is 0.0637 e. The van der Waals surface area contributed by atoms with Gasteiger partial charge >= 0.3 is 0 Å². The minimum atomic E-state index is -0.0826. The number of nitrogens with one attached hydrogen (secondary N) is 1. The Bertz CT molecular complexity index is 352. The van der Waals surface area contributed by atoms with Crippen LogP contribution in [-0.2, 0) is 11.3 Å². The highest BCUT2D eigenvalue weighted by atomic mass is 35.5. The van der Waals surface area contributed by atoms with Crippen molar-refractivity contribution in [1.82, 2.24) is 5.32 Å². The molecule has 0 bridgehead atoms.